The zero-order valence-electron chi connectivity index (χ0n) is 15.7. The maximum absolute atomic E-state index is 12.2. The lowest BCUT2D eigenvalue weighted by Crippen LogP contribution is -2.28. The Balaban J connectivity index is 1.52. The van der Waals surface area contributed by atoms with Crippen molar-refractivity contribution >= 4 is 40.1 Å². The van der Waals surface area contributed by atoms with Gasteiger partial charge in [0, 0.05) is 17.8 Å². The minimum atomic E-state index is -0.465. The Morgan fingerprint density at radius 1 is 1.15 bits per heavy atom. The first-order valence-corrected chi connectivity index (χ1v) is 10.5. The monoisotopic (exact) mass is 386 g/mol. The summed E-state index contributed by atoms with van der Waals surface area (Å²) in [6, 6.07) is 7.75. The van der Waals surface area contributed by atoms with E-state index in [0.717, 1.165) is 43.5 Å². The van der Waals surface area contributed by atoms with E-state index in [1.54, 1.807) is 0 Å². The summed E-state index contributed by atoms with van der Waals surface area (Å²) >= 11 is 1.28. The number of carbonyl (C=O) groups is 2. The normalized spacial score (nSPS) is 21.7. The summed E-state index contributed by atoms with van der Waals surface area (Å²) in [7, 11) is 0. The molecule has 0 unspecified atom stereocenters. The third-order valence-electron chi connectivity index (χ3n) is 4.76. The minimum absolute atomic E-state index is 0.113. The Morgan fingerprint density at radius 3 is 2.52 bits per heavy atom. The SMILES string of the molecule is CCc1ccc(NC(=O)C[C@@H]2S/C(=N/N=C3CCCCCC3)NC2=O)cc1. The molecule has 2 aliphatic rings. The third kappa shape index (κ3) is 5.92. The highest BCUT2D eigenvalue weighted by molar-refractivity contribution is 8.15. The van der Waals surface area contributed by atoms with Gasteiger partial charge in [-0.25, -0.2) is 0 Å². The molecule has 1 aromatic rings. The average molecular weight is 387 g/mol. The zero-order chi connectivity index (χ0) is 19.1. The molecule has 0 aromatic heterocycles. The molecule has 0 radical (unpaired) electrons. The lowest BCUT2D eigenvalue weighted by molar-refractivity contribution is -0.122. The van der Waals surface area contributed by atoms with Crippen molar-refractivity contribution in [3.63, 3.8) is 0 Å². The van der Waals surface area contributed by atoms with Crippen molar-refractivity contribution in [2.75, 3.05) is 5.32 Å². The first kappa shape index (κ1) is 19.6. The van der Waals surface area contributed by atoms with Gasteiger partial charge in [0.25, 0.3) is 0 Å². The van der Waals surface area contributed by atoms with E-state index in [1.165, 1.54) is 30.2 Å². The molecule has 0 bridgehead atoms. The second-order valence-corrected chi connectivity index (χ2v) is 8.08. The van der Waals surface area contributed by atoms with Crippen molar-refractivity contribution in [2.45, 2.75) is 63.5 Å². The fourth-order valence-electron chi connectivity index (χ4n) is 3.14. The molecule has 1 aliphatic heterocycles. The molecule has 1 heterocycles. The topological polar surface area (TPSA) is 82.9 Å². The molecule has 6 nitrogen and oxygen atoms in total. The number of hydrogen-bond donors (Lipinski definition) is 2. The van der Waals surface area contributed by atoms with Gasteiger partial charge in [-0.1, -0.05) is 43.7 Å². The van der Waals surface area contributed by atoms with Gasteiger partial charge in [0.2, 0.25) is 11.8 Å². The van der Waals surface area contributed by atoms with Gasteiger partial charge in [0.15, 0.2) is 5.17 Å². The van der Waals surface area contributed by atoms with Gasteiger partial charge in [-0.2, -0.15) is 5.10 Å². The number of hydrogen-bond acceptors (Lipinski definition) is 5. The third-order valence-corrected chi connectivity index (χ3v) is 5.83. The van der Waals surface area contributed by atoms with Crippen LogP contribution in [0.3, 0.4) is 0 Å². The number of aryl methyl sites for hydroxylation is 1. The number of rotatable bonds is 5. The molecule has 1 saturated carbocycles. The molecule has 3 rings (SSSR count). The molecule has 27 heavy (non-hydrogen) atoms. The summed E-state index contributed by atoms with van der Waals surface area (Å²) in [5.74, 6) is -0.362. The van der Waals surface area contributed by atoms with Gasteiger partial charge >= 0.3 is 0 Å². The number of amidine groups is 1. The van der Waals surface area contributed by atoms with Crippen molar-refractivity contribution in [1.29, 1.82) is 0 Å². The Kier molecular flexibility index (Phi) is 7.04. The molecule has 2 amide bonds. The minimum Gasteiger partial charge on any atom is -0.326 e. The summed E-state index contributed by atoms with van der Waals surface area (Å²) in [5.41, 5.74) is 3.07. The van der Waals surface area contributed by atoms with Gasteiger partial charge < -0.3 is 10.6 Å². The van der Waals surface area contributed by atoms with Crippen LogP contribution in [-0.2, 0) is 16.0 Å². The highest BCUT2D eigenvalue weighted by Crippen LogP contribution is 2.24. The molecule has 144 valence electrons. The second-order valence-electron chi connectivity index (χ2n) is 6.88. The summed E-state index contributed by atoms with van der Waals surface area (Å²) in [4.78, 5) is 24.4. The van der Waals surface area contributed by atoms with Crippen molar-refractivity contribution in [3.8, 4) is 0 Å². The Morgan fingerprint density at radius 2 is 1.85 bits per heavy atom. The average Bonchev–Trinajstić information content (AvgIpc) is 2.86. The maximum atomic E-state index is 12.2. The quantitative estimate of drug-likeness (QED) is 0.595. The van der Waals surface area contributed by atoms with Crippen molar-refractivity contribution in [1.82, 2.24) is 5.32 Å². The van der Waals surface area contributed by atoms with E-state index in [4.69, 9.17) is 0 Å². The van der Waals surface area contributed by atoms with Crippen molar-refractivity contribution in [3.05, 3.63) is 29.8 Å². The Hall–Kier alpha value is -2.15. The van der Waals surface area contributed by atoms with Gasteiger partial charge in [0.1, 0.15) is 5.25 Å². The van der Waals surface area contributed by atoms with E-state index >= 15 is 0 Å². The Bertz CT molecular complexity index is 733. The van der Waals surface area contributed by atoms with Gasteiger partial charge in [-0.15, -0.1) is 5.10 Å². The van der Waals surface area contributed by atoms with Crippen LogP contribution < -0.4 is 10.6 Å². The van der Waals surface area contributed by atoms with E-state index in [-0.39, 0.29) is 18.2 Å². The largest absolute Gasteiger partial charge is 0.326 e. The van der Waals surface area contributed by atoms with Gasteiger partial charge in [-0.05, 0) is 49.8 Å². The fraction of sp³-hybridized carbons (Fsp3) is 0.500. The molecular formula is C20H26N4O2S. The molecule has 2 fully saturated rings. The van der Waals surface area contributed by atoms with Crippen LogP contribution in [0.15, 0.2) is 34.5 Å². The van der Waals surface area contributed by atoms with E-state index in [2.05, 4.69) is 27.8 Å². The van der Waals surface area contributed by atoms with E-state index in [9.17, 15) is 9.59 Å². The number of nitrogens with one attached hydrogen (secondary N) is 2. The number of thioether (sulfide) groups is 1. The molecule has 1 saturated heterocycles. The van der Waals surface area contributed by atoms with Crippen LogP contribution in [-0.4, -0.2) is 27.9 Å². The summed E-state index contributed by atoms with van der Waals surface area (Å²) in [6.07, 6.45) is 7.85. The van der Waals surface area contributed by atoms with Crippen molar-refractivity contribution < 1.29 is 9.59 Å². The van der Waals surface area contributed by atoms with E-state index in [1.807, 2.05) is 24.3 Å². The molecule has 0 spiro atoms. The summed E-state index contributed by atoms with van der Waals surface area (Å²) in [6.45, 7) is 2.09. The number of amides is 2. The van der Waals surface area contributed by atoms with Crippen LogP contribution in [0, 0.1) is 0 Å². The second kappa shape index (κ2) is 9.69. The zero-order valence-corrected chi connectivity index (χ0v) is 16.5. The highest BCUT2D eigenvalue weighted by Gasteiger charge is 2.32. The summed E-state index contributed by atoms with van der Waals surface area (Å²) in [5, 5.41) is 14.1. The molecule has 1 aromatic carbocycles. The predicted octanol–water partition coefficient (Wildman–Crippen LogP) is 3.88. The first-order chi connectivity index (χ1) is 13.1. The number of anilines is 1. The fourth-order valence-corrected chi connectivity index (χ4v) is 4.06. The van der Waals surface area contributed by atoms with Crippen LogP contribution in [0.4, 0.5) is 5.69 Å². The predicted molar refractivity (Wildman–Crippen MR) is 111 cm³/mol. The number of nitrogens with zero attached hydrogens (tertiary/aromatic N) is 2. The van der Waals surface area contributed by atoms with Crippen LogP contribution in [0.5, 0.6) is 0 Å². The van der Waals surface area contributed by atoms with Crippen LogP contribution in [0.2, 0.25) is 0 Å². The van der Waals surface area contributed by atoms with Crippen LogP contribution >= 0.6 is 11.8 Å². The van der Waals surface area contributed by atoms with E-state index < -0.39 is 5.25 Å². The molecule has 7 heteroatoms. The lowest BCUT2D eigenvalue weighted by atomic mass is 10.1. The van der Waals surface area contributed by atoms with Crippen LogP contribution in [0.1, 0.15) is 57.4 Å². The number of benzene rings is 1. The molecule has 1 aliphatic carbocycles. The maximum Gasteiger partial charge on any atom is 0.240 e. The van der Waals surface area contributed by atoms with E-state index in [0.29, 0.717) is 5.17 Å². The van der Waals surface area contributed by atoms with Gasteiger partial charge in [-0.3, -0.25) is 9.59 Å². The Labute approximate surface area is 164 Å². The molecule has 1 atom stereocenters. The lowest BCUT2D eigenvalue weighted by Gasteiger charge is -2.08. The summed E-state index contributed by atoms with van der Waals surface area (Å²) < 4.78 is 0. The van der Waals surface area contributed by atoms with Crippen molar-refractivity contribution in [2.24, 2.45) is 10.2 Å². The number of carbonyl (C=O) groups excluding carboxylic acids is 2. The highest BCUT2D eigenvalue weighted by atomic mass is 32.2. The van der Waals surface area contributed by atoms with Gasteiger partial charge in [0.05, 0.1) is 0 Å². The van der Waals surface area contributed by atoms with Crippen LogP contribution in [0.25, 0.3) is 0 Å². The standard InChI is InChI=1S/C20H26N4O2S/c1-2-14-9-11-15(12-10-14)21-18(25)13-17-19(26)22-20(27-17)24-23-16-7-5-3-4-6-8-16/h9-12,17H,2-8,13H2,1H3,(H,21,25)(H,22,24,26)/t17-/m0/s1. The molecular weight excluding hydrogens is 360 g/mol. The molecule has 2 N–H and O–H groups in total. The first-order valence-electron chi connectivity index (χ1n) is 9.63. The smallest absolute Gasteiger partial charge is 0.240 e.